The Hall–Kier alpha value is -1.55. The Balaban J connectivity index is 1.81. The fourth-order valence-corrected chi connectivity index (χ4v) is 2.81. The number of hydrazine groups is 1. The topological polar surface area (TPSA) is 50.4 Å². The van der Waals surface area contributed by atoms with Gasteiger partial charge in [-0.25, -0.2) is 10.2 Å². The molecule has 0 spiro atoms. The third-order valence-corrected chi connectivity index (χ3v) is 3.72. The number of amides is 1. The molecular weight excluding hydrogens is 264 g/mol. The molecule has 2 rings (SSSR count). The van der Waals surface area contributed by atoms with E-state index in [1.807, 2.05) is 26.8 Å². The predicted octanol–water partition coefficient (Wildman–Crippen LogP) is 3.74. The van der Waals surface area contributed by atoms with Gasteiger partial charge in [0.05, 0.1) is 0 Å². The molecule has 2 N–H and O–H groups in total. The van der Waals surface area contributed by atoms with Crippen LogP contribution in [0.5, 0.6) is 0 Å². The van der Waals surface area contributed by atoms with Crippen molar-refractivity contribution in [3.63, 3.8) is 0 Å². The van der Waals surface area contributed by atoms with Crippen LogP contribution in [0.4, 0.5) is 4.79 Å². The van der Waals surface area contributed by atoms with Crippen LogP contribution in [0.1, 0.15) is 57.9 Å². The molecule has 2 atom stereocenters. The first kappa shape index (κ1) is 15.8. The monoisotopic (exact) mass is 290 g/mol. The van der Waals surface area contributed by atoms with Crippen LogP contribution in [0.25, 0.3) is 0 Å². The van der Waals surface area contributed by atoms with Gasteiger partial charge in [-0.15, -0.1) is 0 Å². The molecule has 1 fully saturated rings. The zero-order valence-corrected chi connectivity index (χ0v) is 13.2. The van der Waals surface area contributed by atoms with Crippen LogP contribution < -0.4 is 10.9 Å². The summed E-state index contributed by atoms with van der Waals surface area (Å²) >= 11 is 0. The lowest BCUT2D eigenvalue weighted by Crippen LogP contribution is -2.47. The highest BCUT2D eigenvalue weighted by atomic mass is 16.6. The molecule has 1 amide bonds. The number of nitrogens with one attached hydrogen (secondary N) is 2. The van der Waals surface area contributed by atoms with Crippen LogP contribution in [-0.2, 0) is 4.74 Å². The van der Waals surface area contributed by atoms with E-state index in [1.54, 1.807) is 0 Å². The van der Waals surface area contributed by atoms with E-state index in [9.17, 15) is 4.79 Å². The molecule has 1 saturated carbocycles. The number of hydrogen-bond donors (Lipinski definition) is 2. The van der Waals surface area contributed by atoms with Crippen molar-refractivity contribution in [2.45, 2.75) is 64.0 Å². The number of hydrogen-bond acceptors (Lipinski definition) is 3. The molecule has 0 radical (unpaired) electrons. The molecule has 116 valence electrons. The molecule has 4 nitrogen and oxygen atoms in total. The normalized spacial score (nSPS) is 22.6. The predicted molar refractivity (Wildman–Crippen MR) is 83.9 cm³/mol. The Kier molecular flexibility index (Phi) is 5.23. The lowest BCUT2D eigenvalue weighted by molar-refractivity contribution is 0.0481. The number of carbonyl (C=O) groups is 1. The van der Waals surface area contributed by atoms with Gasteiger partial charge in [-0.05, 0) is 51.5 Å². The fraction of sp³-hybridized carbons (Fsp3) is 0.588. The maximum absolute atomic E-state index is 11.7. The molecule has 0 bridgehead atoms. The lowest BCUT2D eigenvalue weighted by atomic mass is 9.81. The molecule has 21 heavy (non-hydrogen) atoms. The smallest absolute Gasteiger partial charge is 0.422 e. The second kappa shape index (κ2) is 6.94. The minimum Gasteiger partial charge on any atom is -0.443 e. The summed E-state index contributed by atoms with van der Waals surface area (Å²) in [6.45, 7) is 5.58. The van der Waals surface area contributed by atoms with Crippen LogP contribution in [0.15, 0.2) is 30.3 Å². The van der Waals surface area contributed by atoms with Gasteiger partial charge in [0.2, 0.25) is 0 Å². The number of ether oxygens (including phenoxy) is 1. The third kappa shape index (κ3) is 5.38. The van der Waals surface area contributed by atoms with E-state index in [4.69, 9.17) is 4.74 Å². The summed E-state index contributed by atoms with van der Waals surface area (Å²) < 4.78 is 5.23. The van der Waals surface area contributed by atoms with Crippen LogP contribution in [0, 0.1) is 0 Å². The van der Waals surface area contributed by atoms with Gasteiger partial charge in [0, 0.05) is 6.04 Å². The first-order chi connectivity index (χ1) is 9.94. The molecule has 1 aromatic rings. The van der Waals surface area contributed by atoms with Gasteiger partial charge < -0.3 is 4.74 Å². The number of carbonyl (C=O) groups excluding carboxylic acids is 1. The van der Waals surface area contributed by atoms with Crippen molar-refractivity contribution in [1.82, 2.24) is 10.9 Å². The first-order valence-electron chi connectivity index (χ1n) is 7.73. The average molecular weight is 290 g/mol. The van der Waals surface area contributed by atoms with Gasteiger partial charge >= 0.3 is 6.09 Å². The van der Waals surface area contributed by atoms with Crippen molar-refractivity contribution < 1.29 is 9.53 Å². The van der Waals surface area contributed by atoms with E-state index in [0.717, 1.165) is 12.8 Å². The van der Waals surface area contributed by atoms with Crippen molar-refractivity contribution in [2.24, 2.45) is 0 Å². The minimum absolute atomic E-state index is 0.302. The van der Waals surface area contributed by atoms with Crippen LogP contribution in [0.2, 0.25) is 0 Å². The molecule has 4 heteroatoms. The summed E-state index contributed by atoms with van der Waals surface area (Å²) in [5.41, 5.74) is 6.71. The van der Waals surface area contributed by atoms with Gasteiger partial charge in [0.1, 0.15) is 5.60 Å². The molecular formula is C17H26N2O2. The van der Waals surface area contributed by atoms with Crippen molar-refractivity contribution in [3.05, 3.63) is 35.9 Å². The molecule has 2 unspecified atom stereocenters. The van der Waals surface area contributed by atoms with E-state index in [-0.39, 0.29) is 0 Å². The second-order valence-electron chi connectivity index (χ2n) is 6.74. The van der Waals surface area contributed by atoms with Crippen LogP contribution in [-0.4, -0.2) is 17.7 Å². The highest BCUT2D eigenvalue weighted by Gasteiger charge is 2.24. The Morgan fingerprint density at radius 2 is 1.90 bits per heavy atom. The number of rotatable bonds is 3. The van der Waals surface area contributed by atoms with E-state index >= 15 is 0 Å². The largest absolute Gasteiger partial charge is 0.443 e. The molecule has 1 aromatic carbocycles. The van der Waals surface area contributed by atoms with Crippen LogP contribution in [0.3, 0.4) is 0 Å². The molecule has 1 aliphatic carbocycles. The van der Waals surface area contributed by atoms with Gasteiger partial charge in [0.25, 0.3) is 0 Å². The molecule has 0 heterocycles. The molecule has 1 aliphatic rings. The molecule has 0 aliphatic heterocycles. The van der Waals surface area contributed by atoms with E-state index < -0.39 is 11.7 Å². The lowest BCUT2D eigenvalue weighted by Gasteiger charge is -2.30. The molecule has 0 saturated heterocycles. The van der Waals surface area contributed by atoms with Gasteiger partial charge in [-0.1, -0.05) is 36.8 Å². The zero-order chi connectivity index (χ0) is 15.3. The van der Waals surface area contributed by atoms with Crippen molar-refractivity contribution in [1.29, 1.82) is 0 Å². The van der Waals surface area contributed by atoms with Crippen molar-refractivity contribution in [3.8, 4) is 0 Å². The first-order valence-corrected chi connectivity index (χ1v) is 7.73. The third-order valence-electron chi connectivity index (χ3n) is 3.72. The standard InChI is InChI=1S/C17H26N2O2/c1-17(2,3)21-16(20)19-18-15-11-7-10-14(12-15)13-8-5-4-6-9-13/h4-6,8-9,14-15,18H,7,10-12H2,1-3H3,(H,19,20). The fourth-order valence-electron chi connectivity index (χ4n) is 2.81. The van der Waals surface area contributed by atoms with Gasteiger partial charge in [-0.3, -0.25) is 5.43 Å². The maximum Gasteiger partial charge on any atom is 0.422 e. The summed E-state index contributed by atoms with van der Waals surface area (Å²) in [4.78, 5) is 11.7. The summed E-state index contributed by atoms with van der Waals surface area (Å²) in [5, 5.41) is 0. The quantitative estimate of drug-likeness (QED) is 0.834. The van der Waals surface area contributed by atoms with Crippen LogP contribution >= 0.6 is 0 Å². The Labute approximate surface area is 127 Å². The Morgan fingerprint density at radius 3 is 2.57 bits per heavy atom. The highest BCUT2D eigenvalue weighted by Crippen LogP contribution is 2.32. The Bertz CT molecular complexity index is 454. The maximum atomic E-state index is 11.7. The van der Waals surface area contributed by atoms with Gasteiger partial charge in [0.15, 0.2) is 0 Å². The zero-order valence-electron chi connectivity index (χ0n) is 13.2. The average Bonchev–Trinajstić information content (AvgIpc) is 2.45. The SMILES string of the molecule is CC(C)(C)OC(=O)NNC1CCCC(c2ccccc2)C1. The number of benzene rings is 1. The second-order valence-corrected chi connectivity index (χ2v) is 6.74. The summed E-state index contributed by atoms with van der Waals surface area (Å²) in [7, 11) is 0. The summed E-state index contributed by atoms with van der Waals surface area (Å²) in [6, 6.07) is 10.9. The minimum atomic E-state index is -0.467. The summed E-state index contributed by atoms with van der Waals surface area (Å²) in [5.74, 6) is 0.567. The van der Waals surface area contributed by atoms with E-state index in [1.165, 1.54) is 18.4 Å². The van der Waals surface area contributed by atoms with Crippen molar-refractivity contribution >= 4 is 6.09 Å². The Morgan fingerprint density at radius 1 is 1.19 bits per heavy atom. The van der Waals surface area contributed by atoms with Gasteiger partial charge in [-0.2, -0.15) is 0 Å². The van der Waals surface area contributed by atoms with E-state index in [0.29, 0.717) is 12.0 Å². The van der Waals surface area contributed by atoms with Crippen molar-refractivity contribution in [2.75, 3.05) is 0 Å². The highest BCUT2D eigenvalue weighted by molar-refractivity contribution is 5.67. The van der Waals surface area contributed by atoms with E-state index in [2.05, 4.69) is 35.1 Å². The summed E-state index contributed by atoms with van der Waals surface area (Å²) in [6.07, 6.45) is 4.10. The molecule has 0 aromatic heterocycles.